The molecule has 38 heavy (non-hydrogen) atoms. The van der Waals surface area contributed by atoms with E-state index >= 15 is 0 Å². The highest BCUT2D eigenvalue weighted by Gasteiger charge is 2.60. The molecule has 4 rings (SSSR count). The first kappa shape index (κ1) is 28.2. The molecule has 0 bridgehead atoms. The predicted molar refractivity (Wildman–Crippen MR) is 127 cm³/mol. The number of alkyl halides is 6. The number of aromatic nitrogens is 2. The molecule has 3 N–H and O–H groups in total. The fraction of sp³-hybridized carbons (Fsp3) is 0.409. The van der Waals surface area contributed by atoms with Crippen LogP contribution in [0.5, 0.6) is 0 Å². The van der Waals surface area contributed by atoms with Crippen LogP contribution in [0.2, 0.25) is 0 Å². The first-order valence-electron chi connectivity index (χ1n) is 11.0. The van der Waals surface area contributed by atoms with Gasteiger partial charge in [-0.3, -0.25) is 4.79 Å². The molecule has 1 saturated heterocycles. The van der Waals surface area contributed by atoms with Crippen molar-refractivity contribution in [3.63, 3.8) is 0 Å². The number of halogens is 6. The molecular formula is C22H21F6N5O3S2. The van der Waals surface area contributed by atoms with Crippen LogP contribution in [0.1, 0.15) is 23.2 Å². The van der Waals surface area contributed by atoms with Gasteiger partial charge >= 0.3 is 12.4 Å². The maximum absolute atomic E-state index is 14.0. The minimum absolute atomic E-state index is 0.0240. The summed E-state index contributed by atoms with van der Waals surface area (Å²) >= 11 is 1.65. The minimum Gasteiger partial charge on any atom is -0.368 e. The maximum atomic E-state index is 14.0. The lowest BCUT2D eigenvalue weighted by Gasteiger charge is -2.40. The third kappa shape index (κ3) is 5.34. The fourth-order valence-corrected chi connectivity index (χ4v) is 6.30. The Hall–Kier alpha value is -2.82. The van der Waals surface area contributed by atoms with Crippen molar-refractivity contribution in [2.45, 2.75) is 42.1 Å². The molecule has 3 aromatic rings. The summed E-state index contributed by atoms with van der Waals surface area (Å²) < 4.78 is 89.1. The van der Waals surface area contributed by atoms with E-state index in [0.29, 0.717) is 15.5 Å². The molecule has 2 atom stereocenters. The normalized spacial score (nSPS) is 19.0. The number of aliphatic hydroxyl groups is 1. The first-order valence-corrected chi connectivity index (χ1v) is 12.6. The quantitative estimate of drug-likeness (QED) is 0.322. The highest BCUT2D eigenvalue weighted by atomic mass is 32.2. The van der Waals surface area contributed by atoms with E-state index in [1.54, 1.807) is 18.7 Å². The average molecular weight is 582 g/mol. The van der Waals surface area contributed by atoms with Gasteiger partial charge in [-0.15, -0.1) is 11.3 Å². The van der Waals surface area contributed by atoms with E-state index in [9.17, 15) is 36.2 Å². The first-order chi connectivity index (χ1) is 17.6. The van der Waals surface area contributed by atoms with E-state index in [1.807, 2.05) is 4.31 Å². The second kappa shape index (κ2) is 10.1. The molecule has 8 nitrogen and oxygen atoms in total. The van der Waals surface area contributed by atoms with Crippen LogP contribution < -0.4 is 10.6 Å². The zero-order valence-corrected chi connectivity index (χ0v) is 21.4. The molecule has 206 valence electrons. The van der Waals surface area contributed by atoms with E-state index in [1.165, 1.54) is 18.2 Å². The number of thiophene rings is 1. The molecule has 1 amide bonds. The molecule has 0 saturated carbocycles. The van der Waals surface area contributed by atoms with Gasteiger partial charge in [0, 0.05) is 36.9 Å². The molecule has 1 aromatic carbocycles. The summed E-state index contributed by atoms with van der Waals surface area (Å²) in [6.07, 6.45) is -9.96. The van der Waals surface area contributed by atoms with Crippen LogP contribution in [-0.2, 0) is 16.6 Å². The van der Waals surface area contributed by atoms with Gasteiger partial charge < -0.3 is 20.3 Å². The number of primary amides is 1. The number of rotatable bonds is 6. The monoisotopic (exact) mass is 581 g/mol. The van der Waals surface area contributed by atoms with E-state index in [0.717, 1.165) is 24.1 Å². The summed E-state index contributed by atoms with van der Waals surface area (Å²) in [7, 11) is 0. The smallest absolute Gasteiger partial charge is 0.368 e. The Labute approximate surface area is 220 Å². The van der Waals surface area contributed by atoms with Gasteiger partial charge in [-0.25, -0.2) is 4.31 Å². The third-order valence-corrected chi connectivity index (χ3v) is 8.45. The third-order valence-electron chi connectivity index (χ3n) is 5.90. The highest BCUT2D eigenvalue weighted by Crippen LogP contribution is 2.45. The van der Waals surface area contributed by atoms with Crippen LogP contribution >= 0.6 is 23.3 Å². The lowest BCUT2D eigenvalue weighted by molar-refractivity contribution is -0.254. The van der Waals surface area contributed by atoms with Crippen LogP contribution in [0.3, 0.4) is 0 Å². The van der Waals surface area contributed by atoms with E-state index in [-0.39, 0.29) is 48.6 Å². The molecule has 0 spiro atoms. The Morgan fingerprint density at radius 2 is 1.89 bits per heavy atom. The summed E-state index contributed by atoms with van der Waals surface area (Å²) in [5.74, 6) is -1.68. The topological polar surface area (TPSA) is 109 Å². The molecule has 3 heterocycles. The summed E-state index contributed by atoms with van der Waals surface area (Å²) in [5, 5.41) is 13.6. The van der Waals surface area contributed by atoms with Crippen molar-refractivity contribution in [3.8, 4) is 11.5 Å². The van der Waals surface area contributed by atoms with E-state index < -0.39 is 34.3 Å². The van der Waals surface area contributed by atoms with E-state index in [4.69, 9.17) is 10.3 Å². The maximum Gasteiger partial charge on any atom is 0.431 e. The van der Waals surface area contributed by atoms with Gasteiger partial charge in [-0.2, -0.15) is 31.3 Å². The number of piperazine rings is 1. The van der Waals surface area contributed by atoms with Gasteiger partial charge in [-0.1, -0.05) is 5.16 Å². The van der Waals surface area contributed by atoms with Crippen LogP contribution in [0.25, 0.3) is 11.5 Å². The Morgan fingerprint density at radius 3 is 2.45 bits per heavy atom. The average Bonchev–Trinajstić information content (AvgIpc) is 3.47. The zero-order chi connectivity index (χ0) is 28.0. The van der Waals surface area contributed by atoms with Crippen molar-refractivity contribution in [3.05, 3.63) is 46.6 Å². The molecule has 2 unspecified atom stereocenters. The van der Waals surface area contributed by atoms with Gasteiger partial charge in [-0.05, 0) is 56.1 Å². The van der Waals surface area contributed by atoms with Gasteiger partial charge in [0.15, 0.2) is 5.82 Å². The molecule has 1 aliphatic rings. The SMILES string of the molecule is Cc1noc(-c2ccc(N3CCN(Sc4ccc(C(O)(C(N)=O)C(F)(F)F)s4)C(C)C3)c(C(F)(F)F)c2)n1. The van der Waals surface area contributed by atoms with Crippen molar-refractivity contribution < 1.29 is 40.8 Å². The molecule has 0 radical (unpaired) electrons. The Morgan fingerprint density at radius 1 is 1.18 bits per heavy atom. The number of hydrogen-bond donors (Lipinski definition) is 2. The van der Waals surface area contributed by atoms with Crippen molar-refractivity contribution in [2.75, 3.05) is 24.5 Å². The molecule has 0 aliphatic carbocycles. The van der Waals surface area contributed by atoms with Gasteiger partial charge in [0.1, 0.15) is 0 Å². The summed E-state index contributed by atoms with van der Waals surface area (Å²) in [6, 6.07) is 5.77. The minimum atomic E-state index is -5.31. The van der Waals surface area contributed by atoms with Gasteiger partial charge in [0.05, 0.1) is 14.6 Å². The van der Waals surface area contributed by atoms with E-state index in [2.05, 4.69) is 10.1 Å². The Balaban J connectivity index is 1.51. The fourth-order valence-electron chi connectivity index (χ4n) is 3.96. The van der Waals surface area contributed by atoms with Crippen LogP contribution in [-0.4, -0.2) is 57.3 Å². The number of carbonyl (C=O) groups excluding carboxylic acids is 1. The number of carbonyl (C=O) groups is 1. The second-order valence-corrected chi connectivity index (χ2v) is 11.0. The highest BCUT2D eigenvalue weighted by molar-refractivity contribution is 7.99. The Bertz CT molecular complexity index is 1330. The van der Waals surface area contributed by atoms with Crippen molar-refractivity contribution in [1.29, 1.82) is 0 Å². The summed E-state index contributed by atoms with van der Waals surface area (Å²) in [4.78, 5) is 16.3. The number of aryl methyl sites for hydroxylation is 1. The van der Waals surface area contributed by atoms with Crippen molar-refractivity contribution >= 4 is 34.9 Å². The van der Waals surface area contributed by atoms with Gasteiger partial charge in [0.2, 0.25) is 0 Å². The molecule has 1 aliphatic heterocycles. The van der Waals surface area contributed by atoms with Crippen LogP contribution in [0.4, 0.5) is 32.0 Å². The number of hydrogen-bond acceptors (Lipinski definition) is 9. The zero-order valence-electron chi connectivity index (χ0n) is 19.8. The lowest BCUT2D eigenvalue weighted by Crippen LogP contribution is -2.52. The molecule has 16 heteroatoms. The van der Waals surface area contributed by atoms with Gasteiger partial charge in [0.25, 0.3) is 17.4 Å². The number of nitrogens with two attached hydrogens (primary N) is 1. The van der Waals surface area contributed by atoms with Crippen LogP contribution in [0, 0.1) is 6.92 Å². The summed E-state index contributed by atoms with van der Waals surface area (Å²) in [5.41, 5.74) is 0.272. The standard InChI is InChI=1S/C22H21F6N5O3S2/c1-11-10-32(15-4-3-13(9-14(15)21(23,24)25)18-30-12(2)31-36-18)7-8-33(11)38-17-6-5-16(37-17)20(35,19(29)34)22(26,27)28/h3-6,9,11,35H,7-8,10H2,1-2H3,(H2,29,34). The van der Waals surface area contributed by atoms with Crippen LogP contribution in [0.15, 0.2) is 39.1 Å². The van der Waals surface area contributed by atoms with Crippen molar-refractivity contribution in [2.24, 2.45) is 5.73 Å². The molecule has 1 fully saturated rings. The lowest BCUT2D eigenvalue weighted by atomic mass is 10.0. The summed E-state index contributed by atoms with van der Waals surface area (Å²) in [6.45, 7) is 4.00. The number of amides is 1. The Kier molecular flexibility index (Phi) is 7.46. The molecular weight excluding hydrogens is 560 g/mol. The largest absolute Gasteiger partial charge is 0.431 e. The molecule has 2 aromatic heterocycles. The second-order valence-electron chi connectivity index (χ2n) is 8.59. The number of benzene rings is 1. The number of anilines is 1. The number of nitrogens with zero attached hydrogens (tertiary/aromatic N) is 4. The van der Waals surface area contributed by atoms with Crippen molar-refractivity contribution in [1.82, 2.24) is 14.4 Å². The predicted octanol–water partition coefficient (Wildman–Crippen LogP) is 4.58.